The van der Waals surface area contributed by atoms with Crippen LogP contribution in [0.15, 0.2) is 18.2 Å². The molecule has 0 aliphatic carbocycles. The molecular weight excluding hydrogens is 210 g/mol. The Kier molecular flexibility index (Phi) is 5.49. The predicted molar refractivity (Wildman–Crippen MR) is 73.8 cm³/mol. The summed E-state index contributed by atoms with van der Waals surface area (Å²) < 4.78 is 5.39. The van der Waals surface area contributed by atoms with Gasteiger partial charge in [0, 0.05) is 12.1 Å². The molecule has 0 heterocycles. The number of benzene rings is 1. The normalized spacial score (nSPS) is 12.8. The average Bonchev–Trinajstić information content (AvgIpc) is 2.25. The first-order valence-corrected chi connectivity index (χ1v) is 6.42. The van der Waals surface area contributed by atoms with E-state index in [9.17, 15) is 0 Å². The number of rotatable bonds is 6. The van der Waals surface area contributed by atoms with Crippen LogP contribution in [0, 0.1) is 6.92 Å². The van der Waals surface area contributed by atoms with Gasteiger partial charge in [0.05, 0.1) is 7.11 Å². The highest BCUT2D eigenvalue weighted by molar-refractivity contribution is 5.36. The van der Waals surface area contributed by atoms with Crippen LogP contribution >= 0.6 is 0 Å². The monoisotopic (exact) mass is 235 g/mol. The van der Waals surface area contributed by atoms with Crippen molar-refractivity contribution in [3.05, 3.63) is 29.3 Å². The molecule has 0 spiro atoms. The van der Waals surface area contributed by atoms with Crippen LogP contribution in [0.1, 0.15) is 38.3 Å². The first kappa shape index (κ1) is 14.0. The number of nitrogens with one attached hydrogen (secondary N) is 1. The smallest absolute Gasteiger partial charge is 0.122 e. The molecule has 2 nitrogen and oxygen atoms in total. The second kappa shape index (κ2) is 6.65. The molecule has 0 aliphatic rings. The summed E-state index contributed by atoms with van der Waals surface area (Å²) in [5.74, 6) is 1.01. The zero-order valence-electron chi connectivity index (χ0n) is 11.7. The second-order valence-corrected chi connectivity index (χ2v) is 5.08. The third-order valence-electron chi connectivity index (χ3n) is 2.90. The highest BCUT2D eigenvalue weighted by Gasteiger charge is 2.07. The maximum atomic E-state index is 5.39. The molecular formula is C15H25NO. The van der Waals surface area contributed by atoms with Crippen LogP contribution in [0.3, 0.4) is 0 Å². The fourth-order valence-electron chi connectivity index (χ4n) is 2.13. The van der Waals surface area contributed by atoms with E-state index in [1.165, 1.54) is 11.1 Å². The van der Waals surface area contributed by atoms with Gasteiger partial charge in [-0.15, -0.1) is 0 Å². The zero-order valence-corrected chi connectivity index (χ0v) is 11.7. The van der Waals surface area contributed by atoms with Crippen LogP contribution < -0.4 is 10.1 Å². The van der Waals surface area contributed by atoms with Crippen LogP contribution in [0.5, 0.6) is 5.75 Å². The fraction of sp³-hybridized carbons (Fsp3) is 0.600. The Hall–Kier alpha value is -1.02. The van der Waals surface area contributed by atoms with E-state index in [2.05, 4.69) is 51.2 Å². The lowest BCUT2D eigenvalue weighted by Gasteiger charge is -2.17. The Morgan fingerprint density at radius 1 is 1.24 bits per heavy atom. The number of hydrogen-bond donors (Lipinski definition) is 1. The molecule has 0 amide bonds. The van der Waals surface area contributed by atoms with Crippen molar-refractivity contribution in [1.82, 2.24) is 5.32 Å². The second-order valence-electron chi connectivity index (χ2n) is 5.08. The van der Waals surface area contributed by atoms with Gasteiger partial charge in [-0.3, -0.25) is 0 Å². The van der Waals surface area contributed by atoms with Crippen molar-refractivity contribution in [2.24, 2.45) is 0 Å². The summed E-state index contributed by atoms with van der Waals surface area (Å²) >= 11 is 0. The van der Waals surface area contributed by atoms with Gasteiger partial charge in [-0.05, 0) is 38.3 Å². The van der Waals surface area contributed by atoms with Crippen molar-refractivity contribution >= 4 is 0 Å². The van der Waals surface area contributed by atoms with Gasteiger partial charge in [-0.25, -0.2) is 0 Å². The molecule has 2 heteroatoms. The summed E-state index contributed by atoms with van der Waals surface area (Å²) in [4.78, 5) is 0. The molecule has 0 aromatic heterocycles. The van der Waals surface area contributed by atoms with E-state index in [0.29, 0.717) is 12.1 Å². The quantitative estimate of drug-likeness (QED) is 0.816. The maximum absolute atomic E-state index is 5.39. The lowest BCUT2D eigenvalue weighted by molar-refractivity contribution is 0.405. The van der Waals surface area contributed by atoms with Crippen molar-refractivity contribution in [2.45, 2.75) is 52.6 Å². The first-order chi connectivity index (χ1) is 8.02. The van der Waals surface area contributed by atoms with Crippen molar-refractivity contribution in [3.63, 3.8) is 0 Å². The van der Waals surface area contributed by atoms with E-state index in [-0.39, 0.29) is 0 Å². The summed E-state index contributed by atoms with van der Waals surface area (Å²) in [6.07, 6.45) is 2.20. The third kappa shape index (κ3) is 4.78. The van der Waals surface area contributed by atoms with Crippen molar-refractivity contribution < 1.29 is 4.74 Å². The molecule has 1 aromatic carbocycles. The van der Waals surface area contributed by atoms with Crippen molar-refractivity contribution in [3.8, 4) is 5.75 Å². The number of methoxy groups -OCH3 is 1. The van der Waals surface area contributed by atoms with Crippen molar-refractivity contribution in [2.75, 3.05) is 7.11 Å². The molecule has 0 saturated carbocycles. The molecule has 1 unspecified atom stereocenters. The number of ether oxygens (including phenoxy) is 1. The highest BCUT2D eigenvalue weighted by atomic mass is 16.5. The zero-order chi connectivity index (χ0) is 12.8. The molecule has 1 aromatic rings. The maximum Gasteiger partial charge on any atom is 0.122 e. The summed E-state index contributed by atoms with van der Waals surface area (Å²) in [5, 5.41) is 3.52. The molecule has 1 N–H and O–H groups in total. The van der Waals surface area contributed by atoms with E-state index in [0.717, 1.165) is 18.6 Å². The minimum absolute atomic E-state index is 0.542. The highest BCUT2D eigenvalue weighted by Crippen LogP contribution is 2.21. The minimum atomic E-state index is 0.542. The van der Waals surface area contributed by atoms with Crippen LogP contribution in [-0.2, 0) is 6.42 Å². The minimum Gasteiger partial charge on any atom is -0.496 e. The lowest BCUT2D eigenvalue weighted by Crippen LogP contribution is -2.32. The van der Waals surface area contributed by atoms with Crippen LogP contribution in [0.2, 0.25) is 0 Å². The number of hydrogen-bond acceptors (Lipinski definition) is 2. The molecule has 0 fully saturated rings. The van der Waals surface area contributed by atoms with E-state index >= 15 is 0 Å². The molecule has 0 bridgehead atoms. The average molecular weight is 235 g/mol. The van der Waals surface area contributed by atoms with E-state index in [1.807, 2.05) is 0 Å². The fourth-order valence-corrected chi connectivity index (χ4v) is 2.13. The van der Waals surface area contributed by atoms with Gasteiger partial charge in [0.2, 0.25) is 0 Å². The molecule has 0 saturated heterocycles. The van der Waals surface area contributed by atoms with Crippen LogP contribution in [0.4, 0.5) is 0 Å². The topological polar surface area (TPSA) is 21.3 Å². The summed E-state index contributed by atoms with van der Waals surface area (Å²) in [6, 6.07) is 7.47. The Balaban J connectivity index is 2.58. The van der Waals surface area contributed by atoms with Crippen LogP contribution in [-0.4, -0.2) is 19.2 Å². The standard InChI is InChI=1S/C15H25NO/c1-11(2)16-13(4)7-8-14-10-12(3)6-9-15(14)17-5/h6,9-11,13,16H,7-8H2,1-5H3. The van der Waals surface area contributed by atoms with Crippen molar-refractivity contribution in [1.29, 1.82) is 0 Å². The summed E-state index contributed by atoms with van der Waals surface area (Å²) in [7, 11) is 1.74. The van der Waals surface area contributed by atoms with Gasteiger partial charge in [-0.2, -0.15) is 0 Å². The van der Waals surface area contributed by atoms with Gasteiger partial charge < -0.3 is 10.1 Å². The van der Waals surface area contributed by atoms with Gasteiger partial charge in [-0.1, -0.05) is 31.5 Å². The van der Waals surface area contributed by atoms with Gasteiger partial charge in [0.1, 0.15) is 5.75 Å². The lowest BCUT2D eigenvalue weighted by atomic mass is 10.0. The Bertz CT molecular complexity index is 347. The molecule has 0 radical (unpaired) electrons. The molecule has 17 heavy (non-hydrogen) atoms. The van der Waals surface area contributed by atoms with E-state index in [1.54, 1.807) is 7.11 Å². The van der Waals surface area contributed by atoms with Gasteiger partial charge in [0.15, 0.2) is 0 Å². The molecule has 96 valence electrons. The van der Waals surface area contributed by atoms with E-state index < -0.39 is 0 Å². The van der Waals surface area contributed by atoms with Crippen LogP contribution in [0.25, 0.3) is 0 Å². The SMILES string of the molecule is COc1ccc(C)cc1CCC(C)NC(C)C. The molecule has 0 aliphatic heterocycles. The first-order valence-electron chi connectivity index (χ1n) is 6.42. The largest absolute Gasteiger partial charge is 0.496 e. The number of aryl methyl sites for hydroxylation is 2. The Morgan fingerprint density at radius 2 is 1.94 bits per heavy atom. The van der Waals surface area contributed by atoms with Gasteiger partial charge in [0.25, 0.3) is 0 Å². The predicted octanol–water partition coefficient (Wildman–Crippen LogP) is 3.32. The van der Waals surface area contributed by atoms with E-state index in [4.69, 9.17) is 4.74 Å². The third-order valence-corrected chi connectivity index (χ3v) is 2.90. The Morgan fingerprint density at radius 3 is 2.53 bits per heavy atom. The Labute approximate surface area is 105 Å². The molecule has 1 atom stereocenters. The van der Waals surface area contributed by atoms with Gasteiger partial charge >= 0.3 is 0 Å². The summed E-state index contributed by atoms with van der Waals surface area (Å²) in [5.41, 5.74) is 2.61. The molecule has 1 rings (SSSR count). The summed E-state index contributed by atoms with van der Waals surface area (Å²) in [6.45, 7) is 8.73.